The summed E-state index contributed by atoms with van der Waals surface area (Å²) in [6.07, 6.45) is 1.28. The first-order valence-corrected chi connectivity index (χ1v) is 15.6. The molecule has 40 heavy (non-hydrogen) atoms. The van der Waals surface area contributed by atoms with Crippen LogP contribution in [0.15, 0.2) is 78.9 Å². The summed E-state index contributed by atoms with van der Waals surface area (Å²) >= 11 is 0. The lowest BCUT2D eigenvalue weighted by molar-refractivity contribution is 0.136. The van der Waals surface area contributed by atoms with Gasteiger partial charge in [-0.2, -0.15) is 0 Å². The van der Waals surface area contributed by atoms with Crippen molar-refractivity contribution in [3.8, 4) is 11.5 Å². The standard InChI is InChI=1S/C33H44NO5P/c1-8-9-15-30(34-31(35)37-24-25-13-11-10-12-14-25)40(36,38-28-20-16-26(17-21-28)32(2,3)4)39-29-22-18-27(19-23-29)33(5,6)7/h10-14,16-23,30H,8-9,15,24H2,1-7H3,(H,34,35)/t30-/m0/s1. The lowest BCUT2D eigenvalue weighted by Crippen LogP contribution is -2.37. The van der Waals surface area contributed by atoms with Crippen molar-refractivity contribution in [1.82, 2.24) is 5.32 Å². The fourth-order valence-corrected chi connectivity index (χ4v) is 5.96. The average Bonchev–Trinajstić information content (AvgIpc) is 2.90. The minimum Gasteiger partial charge on any atom is -0.445 e. The molecule has 1 N–H and O–H groups in total. The van der Waals surface area contributed by atoms with E-state index in [1.54, 1.807) is 24.3 Å². The molecule has 7 heteroatoms. The summed E-state index contributed by atoms with van der Waals surface area (Å²) in [5.74, 6) is -0.104. The fraction of sp³-hybridized carbons (Fsp3) is 0.424. The van der Waals surface area contributed by atoms with Gasteiger partial charge in [0.2, 0.25) is 0 Å². The molecule has 0 aliphatic rings. The molecule has 1 atom stereocenters. The van der Waals surface area contributed by atoms with E-state index in [4.69, 9.17) is 13.8 Å². The molecule has 3 aromatic carbocycles. The minimum absolute atomic E-state index is 0.0404. The normalized spacial score (nSPS) is 12.9. The highest BCUT2D eigenvalue weighted by Gasteiger charge is 2.41. The van der Waals surface area contributed by atoms with Crippen LogP contribution in [0.25, 0.3) is 0 Å². The first kappa shape index (κ1) is 31.3. The molecular formula is C33H44NO5P. The number of benzene rings is 3. The van der Waals surface area contributed by atoms with Gasteiger partial charge in [-0.25, -0.2) is 9.36 Å². The Morgan fingerprint density at radius 1 is 0.775 bits per heavy atom. The van der Waals surface area contributed by atoms with Gasteiger partial charge in [-0.05, 0) is 58.2 Å². The van der Waals surface area contributed by atoms with E-state index >= 15 is 0 Å². The van der Waals surface area contributed by atoms with E-state index in [1.165, 1.54) is 0 Å². The Morgan fingerprint density at radius 2 is 1.25 bits per heavy atom. The number of amides is 1. The zero-order valence-electron chi connectivity index (χ0n) is 24.9. The Labute approximate surface area is 240 Å². The third kappa shape index (κ3) is 9.16. The van der Waals surface area contributed by atoms with Gasteiger partial charge in [0.25, 0.3) is 0 Å². The quantitative estimate of drug-likeness (QED) is 0.235. The van der Waals surface area contributed by atoms with Crippen LogP contribution in [0.5, 0.6) is 11.5 Å². The number of unbranched alkanes of at least 4 members (excludes halogenated alkanes) is 1. The van der Waals surface area contributed by atoms with Crippen LogP contribution in [0.2, 0.25) is 0 Å². The number of nitrogens with one attached hydrogen (secondary N) is 1. The number of hydrogen-bond acceptors (Lipinski definition) is 5. The van der Waals surface area contributed by atoms with E-state index in [-0.39, 0.29) is 17.4 Å². The molecule has 3 rings (SSSR count). The van der Waals surface area contributed by atoms with Crippen LogP contribution >= 0.6 is 7.60 Å². The molecule has 0 saturated heterocycles. The number of carbonyl (C=O) groups excluding carboxylic acids is 1. The topological polar surface area (TPSA) is 73.9 Å². The SMILES string of the molecule is CCCC[C@@H](NC(=O)OCc1ccccc1)P(=O)(Oc1ccc(C(C)(C)C)cc1)Oc1ccc(C(C)(C)C)cc1. The molecule has 0 fully saturated rings. The predicted molar refractivity (Wildman–Crippen MR) is 162 cm³/mol. The Morgan fingerprint density at radius 3 is 1.68 bits per heavy atom. The van der Waals surface area contributed by atoms with Crippen molar-refractivity contribution in [3.63, 3.8) is 0 Å². The lowest BCUT2D eigenvalue weighted by atomic mass is 9.87. The van der Waals surface area contributed by atoms with Gasteiger partial charge in [0.15, 0.2) is 5.78 Å². The number of hydrogen-bond donors (Lipinski definition) is 1. The van der Waals surface area contributed by atoms with Gasteiger partial charge in [0.1, 0.15) is 18.1 Å². The van der Waals surface area contributed by atoms with Crippen LogP contribution < -0.4 is 14.4 Å². The molecule has 0 heterocycles. The van der Waals surface area contributed by atoms with Gasteiger partial charge in [-0.15, -0.1) is 0 Å². The molecule has 0 bridgehead atoms. The van der Waals surface area contributed by atoms with Gasteiger partial charge in [0.05, 0.1) is 0 Å². The highest BCUT2D eigenvalue weighted by atomic mass is 31.2. The van der Waals surface area contributed by atoms with Gasteiger partial charge < -0.3 is 19.1 Å². The molecule has 0 radical (unpaired) electrons. The summed E-state index contributed by atoms with van der Waals surface area (Å²) in [5.41, 5.74) is 3.02. The molecule has 0 spiro atoms. The molecule has 1 amide bonds. The van der Waals surface area contributed by atoms with E-state index in [9.17, 15) is 9.36 Å². The zero-order chi connectivity index (χ0) is 29.4. The van der Waals surface area contributed by atoms with Crippen LogP contribution in [-0.2, 0) is 26.7 Å². The molecule has 216 valence electrons. The molecule has 3 aromatic rings. The molecule has 0 aliphatic heterocycles. The van der Waals surface area contributed by atoms with E-state index < -0.39 is 19.5 Å². The predicted octanol–water partition coefficient (Wildman–Crippen LogP) is 9.38. The maximum atomic E-state index is 14.6. The van der Waals surface area contributed by atoms with Crippen molar-refractivity contribution in [3.05, 3.63) is 95.6 Å². The van der Waals surface area contributed by atoms with Crippen LogP contribution in [0.3, 0.4) is 0 Å². The molecule has 0 aliphatic carbocycles. The summed E-state index contributed by atoms with van der Waals surface area (Å²) in [5, 5.41) is 2.80. The fourth-order valence-electron chi connectivity index (χ4n) is 4.08. The third-order valence-corrected chi connectivity index (χ3v) is 8.70. The van der Waals surface area contributed by atoms with Crippen molar-refractivity contribution in [2.45, 2.75) is 90.9 Å². The van der Waals surface area contributed by atoms with Crippen LogP contribution in [0, 0.1) is 0 Å². The van der Waals surface area contributed by atoms with Crippen LogP contribution in [0.4, 0.5) is 4.79 Å². The van der Waals surface area contributed by atoms with Crippen LogP contribution in [-0.4, -0.2) is 11.9 Å². The second-order valence-electron chi connectivity index (χ2n) is 12.1. The number of rotatable bonds is 11. The Hall–Kier alpha value is -3.24. The van der Waals surface area contributed by atoms with Gasteiger partial charge in [0, 0.05) is 0 Å². The maximum absolute atomic E-state index is 14.6. The first-order valence-electron chi connectivity index (χ1n) is 14.0. The van der Waals surface area contributed by atoms with E-state index in [2.05, 4.69) is 46.9 Å². The molecular weight excluding hydrogens is 521 g/mol. The van der Waals surface area contributed by atoms with E-state index in [1.807, 2.05) is 61.5 Å². The molecule has 0 aromatic heterocycles. The number of ether oxygens (including phenoxy) is 1. The van der Waals surface area contributed by atoms with Crippen molar-refractivity contribution < 1.29 is 23.1 Å². The number of carbonyl (C=O) groups is 1. The zero-order valence-corrected chi connectivity index (χ0v) is 25.8. The largest absolute Gasteiger partial charge is 0.453 e. The Bertz CT molecular complexity index is 1200. The molecule has 6 nitrogen and oxygen atoms in total. The number of alkyl carbamates (subject to hydrolysis) is 1. The smallest absolute Gasteiger partial charge is 0.445 e. The second-order valence-corrected chi connectivity index (χ2v) is 14.2. The molecule has 0 saturated carbocycles. The Balaban J connectivity index is 1.90. The third-order valence-electron chi connectivity index (χ3n) is 6.62. The van der Waals surface area contributed by atoms with Crippen molar-refractivity contribution in [2.75, 3.05) is 0 Å². The highest BCUT2D eigenvalue weighted by Crippen LogP contribution is 2.53. The van der Waals surface area contributed by atoms with Gasteiger partial charge >= 0.3 is 13.7 Å². The second kappa shape index (κ2) is 13.4. The van der Waals surface area contributed by atoms with Crippen molar-refractivity contribution in [1.29, 1.82) is 0 Å². The maximum Gasteiger partial charge on any atom is 0.453 e. The summed E-state index contributed by atoms with van der Waals surface area (Å²) in [6, 6.07) is 24.4. The summed E-state index contributed by atoms with van der Waals surface area (Å²) in [7, 11) is -3.98. The Kier molecular flexibility index (Phi) is 10.5. The minimum atomic E-state index is -3.98. The monoisotopic (exact) mass is 565 g/mol. The summed E-state index contributed by atoms with van der Waals surface area (Å²) in [4.78, 5) is 12.9. The lowest BCUT2D eigenvalue weighted by Gasteiger charge is -2.28. The van der Waals surface area contributed by atoms with Crippen molar-refractivity contribution in [2.24, 2.45) is 0 Å². The summed E-state index contributed by atoms with van der Waals surface area (Å²) in [6.45, 7) is 14.9. The summed E-state index contributed by atoms with van der Waals surface area (Å²) < 4.78 is 32.4. The van der Waals surface area contributed by atoms with E-state index in [0.29, 0.717) is 24.3 Å². The van der Waals surface area contributed by atoms with E-state index in [0.717, 1.165) is 23.1 Å². The van der Waals surface area contributed by atoms with Crippen molar-refractivity contribution >= 4 is 13.7 Å². The first-order chi connectivity index (χ1) is 18.8. The highest BCUT2D eigenvalue weighted by molar-refractivity contribution is 7.55. The van der Waals surface area contributed by atoms with Gasteiger partial charge in [-0.3, -0.25) is 0 Å². The van der Waals surface area contributed by atoms with Crippen LogP contribution in [0.1, 0.15) is 84.4 Å². The van der Waals surface area contributed by atoms with Gasteiger partial charge in [-0.1, -0.05) is 116 Å². The average molecular weight is 566 g/mol. The molecule has 0 unspecified atom stereocenters.